The minimum absolute atomic E-state index is 0.0222. The van der Waals surface area contributed by atoms with E-state index in [0.717, 1.165) is 37.9 Å². The van der Waals surface area contributed by atoms with Crippen molar-refractivity contribution in [2.45, 2.75) is 25.9 Å². The van der Waals surface area contributed by atoms with Crippen LogP contribution in [0.5, 0.6) is 0 Å². The van der Waals surface area contributed by atoms with Gasteiger partial charge in [-0.25, -0.2) is 4.39 Å². The first kappa shape index (κ1) is 16.7. The molecule has 2 aromatic rings. The van der Waals surface area contributed by atoms with E-state index in [-0.39, 0.29) is 11.7 Å². The van der Waals surface area contributed by atoms with Crippen LogP contribution in [0.25, 0.3) is 0 Å². The van der Waals surface area contributed by atoms with E-state index in [1.165, 1.54) is 18.4 Å². The lowest BCUT2D eigenvalue weighted by Crippen LogP contribution is -2.38. The van der Waals surface area contributed by atoms with Gasteiger partial charge >= 0.3 is 0 Å². The molecule has 0 spiro atoms. The molecule has 0 atom stereocenters. The number of benzene rings is 1. The van der Waals surface area contributed by atoms with Crippen molar-refractivity contribution in [3.05, 3.63) is 59.8 Å². The highest BCUT2D eigenvalue weighted by Crippen LogP contribution is 2.22. The third-order valence-electron chi connectivity index (χ3n) is 4.49. The van der Waals surface area contributed by atoms with E-state index < -0.39 is 0 Å². The van der Waals surface area contributed by atoms with Gasteiger partial charge in [-0.1, -0.05) is 12.1 Å². The van der Waals surface area contributed by atoms with E-state index in [9.17, 15) is 9.18 Å². The largest absolute Gasteiger partial charge is 0.459 e. The van der Waals surface area contributed by atoms with Gasteiger partial charge in [0.2, 0.25) is 0 Å². The molecule has 1 fully saturated rings. The Balaban J connectivity index is 1.34. The van der Waals surface area contributed by atoms with E-state index >= 15 is 0 Å². The Morgan fingerprint density at radius 3 is 2.62 bits per heavy atom. The first-order valence-electron chi connectivity index (χ1n) is 8.37. The van der Waals surface area contributed by atoms with Gasteiger partial charge in [0.25, 0.3) is 5.91 Å². The quantitative estimate of drug-likeness (QED) is 0.755. The van der Waals surface area contributed by atoms with Crippen LogP contribution in [0.3, 0.4) is 0 Å². The van der Waals surface area contributed by atoms with Crippen LogP contribution in [0.4, 0.5) is 4.39 Å². The molecule has 1 aromatic heterocycles. The Kier molecular flexibility index (Phi) is 5.64. The SMILES string of the molecule is O=C(c1ccco1)N1CCC(CCOCc2ccc(F)cc2)CC1. The number of carbonyl (C=O) groups is 1. The smallest absolute Gasteiger partial charge is 0.289 e. The standard InChI is InChI=1S/C19H22FNO3/c20-17-5-3-16(4-6-17)14-23-13-9-15-7-10-21(11-8-15)19(22)18-2-1-12-24-18/h1-6,12,15H,7-11,13-14H2. The van der Waals surface area contributed by atoms with E-state index in [2.05, 4.69) is 0 Å². The second-order valence-corrected chi connectivity index (χ2v) is 6.18. The van der Waals surface area contributed by atoms with E-state index in [4.69, 9.17) is 9.15 Å². The summed E-state index contributed by atoms with van der Waals surface area (Å²) in [5.74, 6) is 0.746. The number of furan rings is 1. The lowest BCUT2D eigenvalue weighted by atomic mass is 9.94. The van der Waals surface area contributed by atoms with Crippen molar-refractivity contribution in [2.24, 2.45) is 5.92 Å². The van der Waals surface area contributed by atoms with Crippen molar-refractivity contribution in [3.63, 3.8) is 0 Å². The fraction of sp³-hybridized carbons (Fsp3) is 0.421. The molecule has 128 valence electrons. The topological polar surface area (TPSA) is 42.7 Å². The molecule has 0 aliphatic carbocycles. The first-order valence-corrected chi connectivity index (χ1v) is 8.37. The maximum atomic E-state index is 12.8. The van der Waals surface area contributed by atoms with Gasteiger partial charge in [0.05, 0.1) is 12.9 Å². The van der Waals surface area contributed by atoms with Crippen LogP contribution < -0.4 is 0 Å². The molecule has 1 aliphatic heterocycles. The first-order chi connectivity index (χ1) is 11.7. The van der Waals surface area contributed by atoms with Crippen molar-refractivity contribution < 1.29 is 18.3 Å². The number of amides is 1. The average molecular weight is 331 g/mol. The molecule has 0 N–H and O–H groups in total. The number of piperidine rings is 1. The molecular weight excluding hydrogens is 309 g/mol. The fourth-order valence-corrected chi connectivity index (χ4v) is 3.00. The predicted molar refractivity (Wildman–Crippen MR) is 88.0 cm³/mol. The van der Waals surface area contributed by atoms with Crippen molar-refractivity contribution in [2.75, 3.05) is 19.7 Å². The Bertz CT molecular complexity index is 631. The van der Waals surface area contributed by atoms with Gasteiger partial charge in [-0.2, -0.15) is 0 Å². The maximum Gasteiger partial charge on any atom is 0.289 e. The number of halogens is 1. The van der Waals surface area contributed by atoms with Gasteiger partial charge < -0.3 is 14.1 Å². The monoisotopic (exact) mass is 331 g/mol. The van der Waals surface area contributed by atoms with Gasteiger partial charge in [0.15, 0.2) is 5.76 Å². The van der Waals surface area contributed by atoms with Crippen molar-refractivity contribution >= 4 is 5.91 Å². The molecule has 1 saturated heterocycles. The molecule has 4 nitrogen and oxygen atoms in total. The lowest BCUT2D eigenvalue weighted by molar-refractivity contribution is 0.0611. The molecule has 0 radical (unpaired) electrons. The summed E-state index contributed by atoms with van der Waals surface area (Å²) in [4.78, 5) is 14.0. The van der Waals surface area contributed by atoms with Gasteiger partial charge in [-0.15, -0.1) is 0 Å². The molecule has 0 bridgehead atoms. The van der Waals surface area contributed by atoms with E-state index in [0.29, 0.717) is 24.9 Å². The minimum atomic E-state index is -0.227. The number of ether oxygens (including phenoxy) is 1. The number of hydrogen-bond donors (Lipinski definition) is 0. The van der Waals surface area contributed by atoms with Crippen LogP contribution in [0.1, 0.15) is 35.4 Å². The third kappa shape index (κ3) is 4.45. The number of nitrogens with zero attached hydrogens (tertiary/aromatic N) is 1. The summed E-state index contributed by atoms with van der Waals surface area (Å²) in [6, 6.07) is 9.83. The van der Waals surface area contributed by atoms with E-state index in [1.807, 2.05) is 4.90 Å². The molecule has 1 amide bonds. The molecule has 24 heavy (non-hydrogen) atoms. The highest BCUT2D eigenvalue weighted by Gasteiger charge is 2.24. The highest BCUT2D eigenvalue weighted by atomic mass is 19.1. The van der Waals surface area contributed by atoms with Gasteiger partial charge in [-0.3, -0.25) is 4.79 Å². The van der Waals surface area contributed by atoms with Crippen LogP contribution in [-0.4, -0.2) is 30.5 Å². The molecular formula is C19H22FNO3. The summed E-state index contributed by atoms with van der Waals surface area (Å²) in [5.41, 5.74) is 0.982. The van der Waals surface area contributed by atoms with Crippen LogP contribution in [0, 0.1) is 11.7 Å². The number of hydrogen-bond acceptors (Lipinski definition) is 3. The van der Waals surface area contributed by atoms with Crippen LogP contribution in [0.15, 0.2) is 47.1 Å². The zero-order valence-electron chi connectivity index (χ0n) is 13.6. The Morgan fingerprint density at radius 2 is 1.96 bits per heavy atom. The van der Waals surface area contributed by atoms with Crippen molar-refractivity contribution in [1.29, 1.82) is 0 Å². The van der Waals surface area contributed by atoms with E-state index in [1.54, 1.807) is 24.3 Å². The minimum Gasteiger partial charge on any atom is -0.459 e. The zero-order valence-corrected chi connectivity index (χ0v) is 13.6. The second-order valence-electron chi connectivity index (χ2n) is 6.18. The summed E-state index contributed by atoms with van der Waals surface area (Å²) < 4.78 is 23.7. The molecule has 0 saturated carbocycles. The van der Waals surface area contributed by atoms with Crippen LogP contribution in [-0.2, 0) is 11.3 Å². The molecule has 1 aromatic carbocycles. The van der Waals surface area contributed by atoms with Crippen LogP contribution in [0.2, 0.25) is 0 Å². The van der Waals surface area contributed by atoms with Crippen molar-refractivity contribution in [3.8, 4) is 0 Å². The normalized spacial score (nSPS) is 15.6. The molecule has 2 heterocycles. The van der Waals surface area contributed by atoms with Crippen molar-refractivity contribution in [1.82, 2.24) is 4.90 Å². The molecule has 3 rings (SSSR count). The number of likely N-dealkylation sites (tertiary alicyclic amines) is 1. The number of carbonyl (C=O) groups excluding carboxylic acids is 1. The Hall–Kier alpha value is -2.14. The molecule has 5 heteroatoms. The summed E-state index contributed by atoms with van der Waals surface area (Å²) in [7, 11) is 0. The zero-order chi connectivity index (χ0) is 16.8. The van der Waals surface area contributed by atoms with Gasteiger partial charge in [0.1, 0.15) is 5.82 Å². The second kappa shape index (κ2) is 8.11. The number of rotatable bonds is 6. The third-order valence-corrected chi connectivity index (χ3v) is 4.49. The highest BCUT2D eigenvalue weighted by molar-refractivity contribution is 5.91. The maximum absolute atomic E-state index is 12.8. The van der Waals surface area contributed by atoms with Crippen LogP contribution >= 0.6 is 0 Å². The summed E-state index contributed by atoms with van der Waals surface area (Å²) in [5, 5.41) is 0. The average Bonchev–Trinajstić information content (AvgIpc) is 3.15. The summed E-state index contributed by atoms with van der Waals surface area (Å²) in [6.07, 6.45) is 4.50. The predicted octanol–water partition coefficient (Wildman–Crippen LogP) is 3.88. The molecule has 0 unspecified atom stereocenters. The Labute approximate surface area is 141 Å². The summed E-state index contributed by atoms with van der Waals surface area (Å²) >= 11 is 0. The van der Waals surface area contributed by atoms with Gasteiger partial charge in [-0.05, 0) is 55.0 Å². The summed E-state index contributed by atoms with van der Waals surface area (Å²) in [6.45, 7) is 2.73. The Morgan fingerprint density at radius 1 is 1.21 bits per heavy atom. The van der Waals surface area contributed by atoms with Gasteiger partial charge in [0, 0.05) is 19.7 Å². The molecule has 1 aliphatic rings. The fourth-order valence-electron chi connectivity index (χ4n) is 3.00. The lowest BCUT2D eigenvalue weighted by Gasteiger charge is -2.31.